The van der Waals surface area contributed by atoms with Gasteiger partial charge in [0.2, 0.25) is 0 Å². The molecule has 0 bridgehead atoms. The van der Waals surface area contributed by atoms with E-state index < -0.39 is 17.7 Å². The molecule has 1 aromatic rings. The molecule has 150 valence electrons. The van der Waals surface area contributed by atoms with E-state index in [9.17, 15) is 14.0 Å². The lowest BCUT2D eigenvalue weighted by Gasteiger charge is -2.39. The normalized spacial score (nSPS) is 21.3. The van der Waals surface area contributed by atoms with Gasteiger partial charge in [-0.25, -0.2) is 9.18 Å². The maximum absolute atomic E-state index is 14.0. The molecule has 4 nitrogen and oxygen atoms in total. The Morgan fingerprint density at radius 3 is 2.75 bits per heavy atom. The Balaban J connectivity index is 2.09. The molecular formula is C23H28FNO3. The van der Waals surface area contributed by atoms with Crippen LogP contribution >= 0.6 is 0 Å². The first kappa shape index (κ1) is 20.3. The van der Waals surface area contributed by atoms with Crippen molar-refractivity contribution < 1.29 is 18.7 Å². The molecule has 0 aromatic heterocycles. The zero-order chi connectivity index (χ0) is 20.5. The van der Waals surface area contributed by atoms with Crippen LogP contribution < -0.4 is 5.32 Å². The lowest BCUT2D eigenvalue weighted by molar-refractivity contribution is -0.139. The van der Waals surface area contributed by atoms with E-state index in [-0.39, 0.29) is 11.2 Å². The molecule has 1 aromatic carbocycles. The van der Waals surface area contributed by atoms with Crippen LogP contribution in [0.1, 0.15) is 64.9 Å². The number of ether oxygens (including phenoxy) is 1. The number of unbranched alkanes of at least 4 members (excludes halogenated alkanes) is 1. The van der Waals surface area contributed by atoms with Gasteiger partial charge in [0, 0.05) is 29.3 Å². The minimum Gasteiger partial charge on any atom is -0.462 e. The fourth-order valence-corrected chi connectivity index (χ4v) is 4.11. The van der Waals surface area contributed by atoms with Gasteiger partial charge >= 0.3 is 5.97 Å². The number of carbonyl (C=O) groups is 2. The maximum Gasteiger partial charge on any atom is 0.336 e. The minimum atomic E-state index is -0.607. The molecule has 1 atom stereocenters. The minimum absolute atomic E-state index is 0.000584. The second-order valence-electron chi connectivity index (χ2n) is 8.47. The van der Waals surface area contributed by atoms with Gasteiger partial charge in [-0.1, -0.05) is 39.3 Å². The molecule has 5 heteroatoms. The number of dihydropyridines is 1. The second kappa shape index (κ2) is 7.90. The molecule has 1 N–H and O–H groups in total. The fourth-order valence-electron chi connectivity index (χ4n) is 4.11. The number of halogens is 1. The SMILES string of the molecule is CCCCOC(=O)C1=C(C)NC2=C(C(=O)CC(C)(C)C2)[C@H]1c1cccc(F)c1. The first-order chi connectivity index (χ1) is 13.2. The van der Waals surface area contributed by atoms with E-state index in [1.807, 2.05) is 13.8 Å². The third-order valence-electron chi connectivity index (χ3n) is 5.37. The van der Waals surface area contributed by atoms with Crippen molar-refractivity contribution in [1.29, 1.82) is 0 Å². The third kappa shape index (κ3) is 4.03. The Morgan fingerprint density at radius 2 is 2.07 bits per heavy atom. The van der Waals surface area contributed by atoms with Gasteiger partial charge < -0.3 is 10.1 Å². The van der Waals surface area contributed by atoms with Crippen LogP contribution in [0.25, 0.3) is 0 Å². The van der Waals surface area contributed by atoms with Crippen molar-refractivity contribution in [3.63, 3.8) is 0 Å². The molecule has 2 aliphatic rings. The molecule has 0 saturated carbocycles. The highest BCUT2D eigenvalue weighted by molar-refractivity contribution is 6.04. The van der Waals surface area contributed by atoms with Crippen molar-refractivity contribution in [2.75, 3.05) is 6.61 Å². The van der Waals surface area contributed by atoms with E-state index in [0.29, 0.717) is 41.9 Å². The van der Waals surface area contributed by atoms with E-state index in [1.165, 1.54) is 12.1 Å². The molecule has 0 saturated heterocycles. The molecule has 0 radical (unpaired) electrons. The van der Waals surface area contributed by atoms with Crippen LogP contribution in [0.3, 0.4) is 0 Å². The van der Waals surface area contributed by atoms with Gasteiger partial charge in [-0.2, -0.15) is 0 Å². The first-order valence-electron chi connectivity index (χ1n) is 9.90. The van der Waals surface area contributed by atoms with E-state index in [4.69, 9.17) is 4.74 Å². The average Bonchev–Trinajstić information content (AvgIpc) is 2.59. The van der Waals surface area contributed by atoms with Gasteiger partial charge in [0.1, 0.15) is 5.82 Å². The summed E-state index contributed by atoms with van der Waals surface area (Å²) < 4.78 is 19.5. The first-order valence-corrected chi connectivity index (χ1v) is 9.90. The highest BCUT2D eigenvalue weighted by atomic mass is 19.1. The molecule has 0 unspecified atom stereocenters. The van der Waals surface area contributed by atoms with Crippen LogP contribution in [0.2, 0.25) is 0 Å². The van der Waals surface area contributed by atoms with Crippen molar-refractivity contribution in [3.05, 3.63) is 58.2 Å². The van der Waals surface area contributed by atoms with Crippen molar-refractivity contribution >= 4 is 11.8 Å². The summed E-state index contributed by atoms with van der Waals surface area (Å²) in [6, 6.07) is 6.14. The summed E-state index contributed by atoms with van der Waals surface area (Å²) in [6.45, 7) is 8.28. The molecule has 0 fully saturated rings. The number of esters is 1. The largest absolute Gasteiger partial charge is 0.462 e. The summed E-state index contributed by atoms with van der Waals surface area (Å²) in [7, 11) is 0. The molecule has 28 heavy (non-hydrogen) atoms. The quantitative estimate of drug-likeness (QED) is 0.586. The van der Waals surface area contributed by atoms with Crippen LogP contribution in [0, 0.1) is 11.2 Å². The summed E-state index contributed by atoms with van der Waals surface area (Å²) in [4.78, 5) is 26.0. The number of ketones is 1. The molecule has 0 spiro atoms. The molecular weight excluding hydrogens is 357 g/mol. The summed E-state index contributed by atoms with van der Waals surface area (Å²) in [5.41, 5.74) is 2.91. The Labute approximate surface area is 165 Å². The van der Waals surface area contributed by atoms with Crippen molar-refractivity contribution in [1.82, 2.24) is 5.32 Å². The van der Waals surface area contributed by atoms with E-state index in [1.54, 1.807) is 12.1 Å². The van der Waals surface area contributed by atoms with Crippen LogP contribution in [0.5, 0.6) is 0 Å². The molecule has 1 aliphatic carbocycles. The summed E-state index contributed by atoms with van der Waals surface area (Å²) in [6.07, 6.45) is 2.79. The number of hydrogen-bond donors (Lipinski definition) is 1. The Hall–Kier alpha value is -2.43. The highest BCUT2D eigenvalue weighted by Crippen LogP contribution is 2.46. The van der Waals surface area contributed by atoms with Crippen molar-refractivity contribution in [2.45, 2.75) is 59.3 Å². The number of rotatable bonds is 5. The van der Waals surface area contributed by atoms with Gasteiger partial charge in [0.05, 0.1) is 12.2 Å². The number of benzene rings is 1. The molecule has 1 aliphatic heterocycles. The molecule has 1 heterocycles. The van der Waals surface area contributed by atoms with Gasteiger partial charge in [-0.3, -0.25) is 4.79 Å². The van der Waals surface area contributed by atoms with Gasteiger partial charge in [0.15, 0.2) is 5.78 Å². The fraction of sp³-hybridized carbons (Fsp3) is 0.478. The number of carbonyl (C=O) groups excluding carboxylic acids is 2. The number of allylic oxidation sites excluding steroid dienone is 3. The monoisotopic (exact) mass is 385 g/mol. The zero-order valence-electron chi connectivity index (χ0n) is 17.0. The van der Waals surface area contributed by atoms with E-state index in [0.717, 1.165) is 18.5 Å². The van der Waals surface area contributed by atoms with Crippen LogP contribution in [-0.4, -0.2) is 18.4 Å². The standard InChI is InChI=1S/C23H28FNO3/c1-5-6-10-28-22(27)19-14(2)25-17-12-23(3,4)13-18(26)21(17)20(19)15-8-7-9-16(24)11-15/h7-9,11,20,25H,5-6,10,12-13H2,1-4H3/t20-/m0/s1. The smallest absolute Gasteiger partial charge is 0.336 e. The summed E-state index contributed by atoms with van der Waals surface area (Å²) in [5, 5.41) is 3.28. The lowest BCUT2D eigenvalue weighted by Crippen LogP contribution is -2.38. The van der Waals surface area contributed by atoms with Crippen LogP contribution in [0.15, 0.2) is 46.8 Å². The molecule has 3 rings (SSSR count). The van der Waals surface area contributed by atoms with Crippen LogP contribution in [-0.2, 0) is 14.3 Å². The third-order valence-corrected chi connectivity index (χ3v) is 5.37. The van der Waals surface area contributed by atoms with Crippen molar-refractivity contribution in [3.8, 4) is 0 Å². The van der Waals surface area contributed by atoms with Gasteiger partial charge in [0.25, 0.3) is 0 Å². The summed E-state index contributed by atoms with van der Waals surface area (Å²) >= 11 is 0. The predicted octanol–water partition coefficient (Wildman–Crippen LogP) is 4.77. The van der Waals surface area contributed by atoms with Crippen LogP contribution in [0.4, 0.5) is 4.39 Å². The number of hydrogen-bond acceptors (Lipinski definition) is 4. The van der Waals surface area contributed by atoms with Gasteiger partial charge in [-0.15, -0.1) is 0 Å². The highest BCUT2D eigenvalue weighted by Gasteiger charge is 2.43. The number of Topliss-reactive ketones (excluding diaryl/α,β-unsaturated/α-hetero) is 1. The Morgan fingerprint density at radius 1 is 1.32 bits per heavy atom. The number of nitrogens with one attached hydrogen (secondary N) is 1. The predicted molar refractivity (Wildman–Crippen MR) is 106 cm³/mol. The zero-order valence-corrected chi connectivity index (χ0v) is 17.0. The Bertz CT molecular complexity index is 866. The van der Waals surface area contributed by atoms with Crippen molar-refractivity contribution in [2.24, 2.45) is 5.41 Å². The van der Waals surface area contributed by atoms with Gasteiger partial charge in [-0.05, 0) is 42.9 Å². The second-order valence-corrected chi connectivity index (χ2v) is 8.47. The maximum atomic E-state index is 14.0. The average molecular weight is 385 g/mol. The molecule has 0 amide bonds. The van der Waals surface area contributed by atoms with E-state index in [2.05, 4.69) is 19.2 Å². The topological polar surface area (TPSA) is 55.4 Å². The Kier molecular flexibility index (Phi) is 5.73. The lowest BCUT2D eigenvalue weighted by atomic mass is 9.68. The van der Waals surface area contributed by atoms with E-state index >= 15 is 0 Å². The summed E-state index contributed by atoms with van der Waals surface area (Å²) in [5.74, 6) is -1.45.